The highest BCUT2D eigenvalue weighted by atomic mass is 16.8. The fourth-order valence-electron chi connectivity index (χ4n) is 7.22. The minimum atomic E-state index is -0.321. The Morgan fingerprint density at radius 2 is 0.915 bits per heavy atom. The first-order chi connectivity index (χ1) is 23.2. The van der Waals surface area contributed by atoms with Gasteiger partial charge in [-0.1, -0.05) is 140 Å². The molecule has 2 aliphatic heterocycles. The van der Waals surface area contributed by atoms with Crippen molar-refractivity contribution in [2.45, 2.75) is 212 Å². The highest BCUT2D eigenvalue weighted by Gasteiger charge is 2.47. The predicted octanol–water partition coefficient (Wildman–Crippen LogP) is 13.6. The molecule has 0 N–H and O–H groups in total. The van der Waals surface area contributed by atoms with Crippen LogP contribution in [0.3, 0.4) is 0 Å². The smallest absolute Gasteiger partial charge is 0.169 e. The summed E-state index contributed by atoms with van der Waals surface area (Å²) in [6.07, 6.45) is 55.1. The van der Waals surface area contributed by atoms with E-state index in [9.17, 15) is 0 Å². The van der Waals surface area contributed by atoms with E-state index in [4.69, 9.17) is 9.47 Å². The molecule has 0 aliphatic carbocycles. The van der Waals surface area contributed by atoms with Crippen molar-refractivity contribution in [1.29, 1.82) is 0 Å². The van der Waals surface area contributed by atoms with Gasteiger partial charge in [-0.15, -0.1) is 0 Å². The van der Waals surface area contributed by atoms with Gasteiger partial charge in [0.15, 0.2) is 5.79 Å². The van der Waals surface area contributed by atoms with Crippen LogP contribution in [0.25, 0.3) is 0 Å². The Morgan fingerprint density at radius 1 is 0.511 bits per heavy atom. The largest absolute Gasteiger partial charge is 0.344 e. The molecular formula is C44H79NO2. The van der Waals surface area contributed by atoms with Crippen molar-refractivity contribution in [3.8, 4) is 0 Å². The van der Waals surface area contributed by atoms with E-state index in [0.717, 1.165) is 38.6 Å². The fraction of sp³-hybridized carbons (Fsp3) is 0.818. The molecule has 2 fully saturated rings. The lowest BCUT2D eigenvalue weighted by atomic mass is 9.98. The predicted molar refractivity (Wildman–Crippen MR) is 207 cm³/mol. The summed E-state index contributed by atoms with van der Waals surface area (Å²) in [6.45, 7) is 6.74. The van der Waals surface area contributed by atoms with Crippen LogP contribution >= 0.6 is 0 Å². The van der Waals surface area contributed by atoms with E-state index in [-0.39, 0.29) is 11.9 Å². The summed E-state index contributed by atoms with van der Waals surface area (Å²) in [5.41, 5.74) is 0. The maximum atomic E-state index is 6.86. The Morgan fingerprint density at radius 3 is 1.38 bits per heavy atom. The summed E-state index contributed by atoms with van der Waals surface area (Å²) in [5.74, 6) is -0.321. The quantitative estimate of drug-likeness (QED) is 0.0569. The number of likely N-dealkylation sites (tertiary alicyclic amines) is 1. The highest BCUT2D eigenvalue weighted by Crippen LogP contribution is 2.40. The maximum absolute atomic E-state index is 6.86. The Balaban J connectivity index is 1.56. The Bertz CT molecular complexity index is 766. The minimum absolute atomic E-state index is 0.261. The van der Waals surface area contributed by atoms with E-state index < -0.39 is 0 Å². The van der Waals surface area contributed by atoms with Crippen LogP contribution in [0.4, 0.5) is 0 Å². The van der Waals surface area contributed by atoms with Crippen molar-refractivity contribution < 1.29 is 9.47 Å². The maximum Gasteiger partial charge on any atom is 0.169 e. The molecule has 0 spiro atoms. The number of fused-ring (bicyclic) bond motifs is 1. The summed E-state index contributed by atoms with van der Waals surface area (Å²) >= 11 is 0. The SMILES string of the molecule is CCCCCC=CCC=CCCCCCCCCC1(CCCCCCCCC=CCC=CCCCCC)O[C@H]2CCCN(C)C[C@H]2O1. The van der Waals surface area contributed by atoms with E-state index in [1.54, 1.807) is 0 Å². The van der Waals surface area contributed by atoms with Crippen LogP contribution in [0.15, 0.2) is 48.6 Å². The van der Waals surface area contributed by atoms with Crippen LogP contribution in [-0.4, -0.2) is 43.0 Å². The van der Waals surface area contributed by atoms with Crippen molar-refractivity contribution in [1.82, 2.24) is 4.90 Å². The number of unbranched alkanes of at least 4 members (excludes halogenated alkanes) is 18. The van der Waals surface area contributed by atoms with Crippen LogP contribution in [-0.2, 0) is 9.47 Å². The summed E-state index contributed by atoms with van der Waals surface area (Å²) in [7, 11) is 2.25. The van der Waals surface area contributed by atoms with Gasteiger partial charge >= 0.3 is 0 Å². The molecule has 2 saturated heterocycles. The molecule has 0 amide bonds. The Hall–Kier alpha value is -1.16. The number of allylic oxidation sites excluding steroid dienone is 8. The third kappa shape index (κ3) is 22.2. The molecule has 0 radical (unpaired) electrons. The van der Waals surface area contributed by atoms with Crippen LogP contribution in [0.2, 0.25) is 0 Å². The number of nitrogens with zero attached hydrogens (tertiary/aromatic N) is 1. The van der Waals surface area contributed by atoms with E-state index in [0.29, 0.717) is 6.10 Å². The third-order valence-corrected chi connectivity index (χ3v) is 10.2. The van der Waals surface area contributed by atoms with Gasteiger partial charge in [0.25, 0.3) is 0 Å². The van der Waals surface area contributed by atoms with Crippen molar-refractivity contribution in [2.75, 3.05) is 20.1 Å². The lowest BCUT2D eigenvalue weighted by molar-refractivity contribution is -0.189. The number of hydrogen-bond acceptors (Lipinski definition) is 3. The molecule has 2 atom stereocenters. The molecule has 0 aromatic carbocycles. The number of rotatable bonds is 30. The molecule has 0 saturated carbocycles. The van der Waals surface area contributed by atoms with Gasteiger partial charge < -0.3 is 14.4 Å². The van der Waals surface area contributed by atoms with E-state index in [1.807, 2.05) is 0 Å². The van der Waals surface area contributed by atoms with E-state index >= 15 is 0 Å². The fourth-order valence-corrected chi connectivity index (χ4v) is 7.22. The average molecular weight is 654 g/mol. The summed E-state index contributed by atoms with van der Waals surface area (Å²) < 4.78 is 13.7. The van der Waals surface area contributed by atoms with Gasteiger partial charge in [-0.2, -0.15) is 0 Å². The minimum Gasteiger partial charge on any atom is -0.344 e. The molecule has 2 rings (SSSR count). The Labute approximate surface area is 294 Å². The molecule has 3 heteroatoms. The normalized spacial score (nSPS) is 22.4. The first kappa shape index (κ1) is 42.0. The van der Waals surface area contributed by atoms with Crippen molar-refractivity contribution in [2.24, 2.45) is 0 Å². The number of ether oxygens (including phenoxy) is 2. The molecule has 0 bridgehead atoms. The molecular weight excluding hydrogens is 574 g/mol. The van der Waals surface area contributed by atoms with Crippen LogP contribution in [0.5, 0.6) is 0 Å². The first-order valence-electron chi connectivity index (χ1n) is 20.8. The molecule has 2 aliphatic rings. The van der Waals surface area contributed by atoms with Gasteiger partial charge in [0.05, 0.1) is 12.2 Å². The molecule has 0 aromatic rings. The topological polar surface area (TPSA) is 21.7 Å². The molecule has 2 heterocycles. The molecule has 3 nitrogen and oxygen atoms in total. The molecule has 272 valence electrons. The van der Waals surface area contributed by atoms with Crippen LogP contribution < -0.4 is 0 Å². The van der Waals surface area contributed by atoms with Gasteiger partial charge in [-0.25, -0.2) is 0 Å². The second kappa shape index (κ2) is 29.7. The van der Waals surface area contributed by atoms with Gasteiger partial charge in [-0.05, 0) is 103 Å². The van der Waals surface area contributed by atoms with E-state index in [2.05, 4.69) is 74.4 Å². The van der Waals surface area contributed by atoms with Gasteiger partial charge in [-0.3, -0.25) is 0 Å². The summed E-state index contributed by atoms with van der Waals surface area (Å²) in [6, 6.07) is 0. The summed E-state index contributed by atoms with van der Waals surface area (Å²) in [5, 5.41) is 0. The number of likely N-dealkylation sites (N-methyl/N-ethyl adjacent to an activating group) is 1. The zero-order valence-corrected chi connectivity index (χ0v) is 31.8. The molecule has 47 heavy (non-hydrogen) atoms. The highest BCUT2D eigenvalue weighted by molar-refractivity contribution is 4.94. The summed E-state index contributed by atoms with van der Waals surface area (Å²) in [4.78, 5) is 2.45. The van der Waals surface area contributed by atoms with Crippen molar-refractivity contribution >= 4 is 0 Å². The van der Waals surface area contributed by atoms with Crippen molar-refractivity contribution in [3.63, 3.8) is 0 Å². The zero-order valence-electron chi connectivity index (χ0n) is 31.8. The second-order valence-electron chi connectivity index (χ2n) is 14.8. The lowest BCUT2D eigenvalue weighted by Gasteiger charge is -2.29. The lowest BCUT2D eigenvalue weighted by Crippen LogP contribution is -2.35. The molecule has 0 aromatic heterocycles. The average Bonchev–Trinajstić information content (AvgIpc) is 3.30. The standard InChI is InChI=1S/C44H79NO2/c1-4-6-8-10-12-14-16-18-20-22-24-26-28-30-32-34-38-44(46-42-37-36-40-45(3)41-43(42)47-44)39-35-33-31-29-27-25-23-21-19-17-15-13-11-9-7-5-2/h12-15,18-21,42-43H,4-11,16-17,22-41H2,1-3H3/t42-,43+,44?/m0/s1. The first-order valence-corrected chi connectivity index (χ1v) is 20.8. The van der Waals surface area contributed by atoms with Crippen LogP contribution in [0, 0.1) is 0 Å². The van der Waals surface area contributed by atoms with Crippen molar-refractivity contribution in [3.05, 3.63) is 48.6 Å². The van der Waals surface area contributed by atoms with Gasteiger partial charge in [0, 0.05) is 19.4 Å². The second-order valence-corrected chi connectivity index (χ2v) is 14.8. The van der Waals surface area contributed by atoms with Gasteiger partial charge in [0.2, 0.25) is 0 Å². The molecule has 0 unspecified atom stereocenters. The third-order valence-electron chi connectivity index (χ3n) is 10.2. The zero-order chi connectivity index (χ0) is 33.5. The monoisotopic (exact) mass is 654 g/mol. The Kier molecular flexibility index (Phi) is 26.6. The number of hydrogen-bond donors (Lipinski definition) is 0. The van der Waals surface area contributed by atoms with E-state index in [1.165, 1.54) is 154 Å². The van der Waals surface area contributed by atoms with Gasteiger partial charge in [0.1, 0.15) is 0 Å². The van der Waals surface area contributed by atoms with Crippen LogP contribution in [0.1, 0.15) is 194 Å².